The maximum Gasteiger partial charge on any atom is 0.311 e. The van der Waals surface area contributed by atoms with Crippen LogP contribution in [0.4, 0.5) is 5.13 Å². The van der Waals surface area contributed by atoms with Crippen molar-refractivity contribution in [3.63, 3.8) is 0 Å². The fourth-order valence-corrected chi connectivity index (χ4v) is 2.65. The standard InChI is InChI=1S/C17H21N3O3S/c1-4-22-16(21)9-15-11-18-17(24-15)20-19-10-13-6-5-7-14(8-13)23-12(2)3/h5-8,10-12H,4,9H2,1-3H3,(H,18,20)/b19-10+. The van der Waals surface area contributed by atoms with Gasteiger partial charge in [0.2, 0.25) is 5.13 Å². The highest BCUT2D eigenvalue weighted by atomic mass is 32.1. The number of esters is 1. The van der Waals surface area contributed by atoms with Crippen molar-refractivity contribution in [3.8, 4) is 5.75 Å². The molecule has 0 bridgehead atoms. The molecule has 24 heavy (non-hydrogen) atoms. The van der Waals surface area contributed by atoms with E-state index in [9.17, 15) is 4.79 Å². The van der Waals surface area contributed by atoms with Crippen molar-refractivity contribution >= 4 is 28.7 Å². The third kappa shape index (κ3) is 6.00. The van der Waals surface area contributed by atoms with Crippen LogP contribution in [0, 0.1) is 0 Å². The van der Waals surface area contributed by atoms with Gasteiger partial charge in [-0.1, -0.05) is 23.5 Å². The van der Waals surface area contributed by atoms with Crippen molar-refractivity contribution in [1.29, 1.82) is 0 Å². The fourth-order valence-electron chi connectivity index (χ4n) is 1.90. The molecule has 1 aromatic heterocycles. The number of rotatable bonds is 8. The van der Waals surface area contributed by atoms with Crippen molar-refractivity contribution in [3.05, 3.63) is 40.9 Å². The summed E-state index contributed by atoms with van der Waals surface area (Å²) in [6.07, 6.45) is 3.70. The molecular weight excluding hydrogens is 326 g/mol. The topological polar surface area (TPSA) is 72.8 Å². The van der Waals surface area contributed by atoms with E-state index >= 15 is 0 Å². The minimum atomic E-state index is -0.252. The number of ether oxygens (including phenoxy) is 2. The summed E-state index contributed by atoms with van der Waals surface area (Å²) in [5.41, 5.74) is 3.78. The predicted molar refractivity (Wildman–Crippen MR) is 95.9 cm³/mol. The van der Waals surface area contributed by atoms with Crippen LogP contribution in [0.1, 0.15) is 31.2 Å². The van der Waals surface area contributed by atoms with Crippen LogP contribution in [0.15, 0.2) is 35.6 Å². The Hall–Kier alpha value is -2.41. The first-order valence-electron chi connectivity index (χ1n) is 7.73. The van der Waals surface area contributed by atoms with Crippen LogP contribution in [0.25, 0.3) is 0 Å². The van der Waals surface area contributed by atoms with E-state index in [-0.39, 0.29) is 18.5 Å². The first kappa shape index (κ1) is 17.9. The third-order valence-electron chi connectivity index (χ3n) is 2.78. The summed E-state index contributed by atoms with van der Waals surface area (Å²) in [4.78, 5) is 16.4. The fraction of sp³-hybridized carbons (Fsp3) is 0.353. The maximum atomic E-state index is 11.4. The molecule has 0 atom stereocenters. The number of nitrogens with zero attached hydrogens (tertiary/aromatic N) is 2. The van der Waals surface area contributed by atoms with Crippen LogP contribution in [0.3, 0.4) is 0 Å². The van der Waals surface area contributed by atoms with Crippen molar-refractivity contribution < 1.29 is 14.3 Å². The molecule has 0 saturated carbocycles. The summed E-state index contributed by atoms with van der Waals surface area (Å²) in [5.74, 6) is 0.554. The van der Waals surface area contributed by atoms with E-state index < -0.39 is 0 Å². The van der Waals surface area contributed by atoms with E-state index in [2.05, 4.69) is 15.5 Å². The number of hydrazone groups is 1. The van der Waals surface area contributed by atoms with Gasteiger partial charge in [0.1, 0.15) is 5.75 Å². The van der Waals surface area contributed by atoms with Gasteiger partial charge >= 0.3 is 5.97 Å². The first-order chi connectivity index (χ1) is 11.6. The number of aromatic nitrogens is 1. The van der Waals surface area contributed by atoms with Gasteiger partial charge in [-0.05, 0) is 38.5 Å². The molecule has 1 heterocycles. The number of thiazole rings is 1. The van der Waals surface area contributed by atoms with Crippen LogP contribution in [0.5, 0.6) is 5.75 Å². The Morgan fingerprint density at radius 1 is 1.46 bits per heavy atom. The van der Waals surface area contributed by atoms with Crippen LogP contribution in [-0.2, 0) is 16.0 Å². The summed E-state index contributed by atoms with van der Waals surface area (Å²) < 4.78 is 10.6. The lowest BCUT2D eigenvalue weighted by molar-refractivity contribution is -0.142. The van der Waals surface area contributed by atoms with Crippen LogP contribution >= 0.6 is 11.3 Å². The minimum Gasteiger partial charge on any atom is -0.491 e. The number of nitrogens with one attached hydrogen (secondary N) is 1. The molecule has 7 heteroatoms. The van der Waals surface area contributed by atoms with Gasteiger partial charge in [-0.15, -0.1) is 0 Å². The van der Waals surface area contributed by atoms with E-state index in [1.165, 1.54) is 11.3 Å². The molecule has 1 N–H and O–H groups in total. The van der Waals surface area contributed by atoms with Crippen molar-refractivity contribution in [2.75, 3.05) is 12.0 Å². The molecule has 128 valence electrons. The molecule has 0 aliphatic rings. The molecule has 1 aromatic carbocycles. The van der Waals surface area contributed by atoms with Gasteiger partial charge < -0.3 is 9.47 Å². The number of carbonyl (C=O) groups is 1. The van der Waals surface area contributed by atoms with Crippen molar-refractivity contribution in [2.45, 2.75) is 33.3 Å². The Kier molecular flexibility index (Phi) is 6.74. The molecule has 0 amide bonds. The quantitative estimate of drug-likeness (QED) is 0.450. The monoisotopic (exact) mass is 347 g/mol. The smallest absolute Gasteiger partial charge is 0.311 e. The van der Waals surface area contributed by atoms with Crippen LogP contribution in [-0.4, -0.2) is 29.9 Å². The Balaban J connectivity index is 1.90. The van der Waals surface area contributed by atoms with Gasteiger partial charge in [-0.2, -0.15) is 5.10 Å². The van der Waals surface area contributed by atoms with E-state index in [0.717, 1.165) is 16.2 Å². The molecule has 0 saturated heterocycles. The second kappa shape index (κ2) is 9.02. The molecule has 6 nitrogen and oxygen atoms in total. The molecule has 0 aliphatic carbocycles. The normalized spacial score (nSPS) is 11.0. The zero-order valence-electron chi connectivity index (χ0n) is 14.0. The lowest BCUT2D eigenvalue weighted by Gasteiger charge is -2.09. The van der Waals surface area contributed by atoms with Gasteiger partial charge in [0.15, 0.2) is 0 Å². The molecule has 2 aromatic rings. The largest absolute Gasteiger partial charge is 0.491 e. The lowest BCUT2D eigenvalue weighted by atomic mass is 10.2. The number of hydrogen-bond acceptors (Lipinski definition) is 7. The molecule has 0 radical (unpaired) electrons. The maximum absolute atomic E-state index is 11.4. The zero-order valence-corrected chi connectivity index (χ0v) is 14.8. The molecule has 2 rings (SSSR count). The number of hydrogen-bond donors (Lipinski definition) is 1. The van der Waals surface area contributed by atoms with Crippen LogP contribution in [0.2, 0.25) is 0 Å². The molecular formula is C17H21N3O3S. The third-order valence-corrected chi connectivity index (χ3v) is 3.68. The Morgan fingerprint density at radius 3 is 3.04 bits per heavy atom. The van der Waals surface area contributed by atoms with E-state index in [1.807, 2.05) is 38.1 Å². The van der Waals surface area contributed by atoms with E-state index in [1.54, 1.807) is 19.3 Å². The average molecular weight is 347 g/mol. The minimum absolute atomic E-state index is 0.128. The summed E-state index contributed by atoms with van der Waals surface area (Å²) >= 11 is 1.37. The highest BCUT2D eigenvalue weighted by molar-refractivity contribution is 7.15. The first-order valence-corrected chi connectivity index (χ1v) is 8.54. The Labute approximate surface area is 145 Å². The SMILES string of the molecule is CCOC(=O)Cc1cnc(N/N=C/c2cccc(OC(C)C)c2)s1. The van der Waals surface area contributed by atoms with Crippen molar-refractivity contribution in [2.24, 2.45) is 5.10 Å². The summed E-state index contributed by atoms with van der Waals surface area (Å²) in [6.45, 7) is 6.14. The van der Waals surface area contributed by atoms with Gasteiger partial charge in [-0.25, -0.2) is 4.98 Å². The Bertz CT molecular complexity index is 698. The van der Waals surface area contributed by atoms with Gasteiger partial charge in [0.25, 0.3) is 0 Å². The van der Waals surface area contributed by atoms with Gasteiger partial charge in [-0.3, -0.25) is 10.2 Å². The highest BCUT2D eigenvalue weighted by Gasteiger charge is 2.07. The molecule has 0 fully saturated rings. The lowest BCUT2D eigenvalue weighted by Crippen LogP contribution is -2.06. The summed E-state index contributed by atoms with van der Waals surface area (Å²) in [6, 6.07) is 7.68. The van der Waals surface area contributed by atoms with E-state index in [0.29, 0.717) is 11.7 Å². The van der Waals surface area contributed by atoms with Crippen molar-refractivity contribution in [1.82, 2.24) is 4.98 Å². The van der Waals surface area contributed by atoms with Gasteiger partial charge in [0, 0.05) is 11.1 Å². The zero-order chi connectivity index (χ0) is 17.4. The number of anilines is 1. The Morgan fingerprint density at radius 2 is 2.29 bits per heavy atom. The molecule has 0 aliphatic heterocycles. The molecule has 0 unspecified atom stereocenters. The van der Waals surface area contributed by atoms with Gasteiger partial charge in [0.05, 0.1) is 25.3 Å². The number of benzene rings is 1. The molecule has 0 spiro atoms. The second-order valence-electron chi connectivity index (χ2n) is 5.22. The van der Waals surface area contributed by atoms with Crippen LogP contribution < -0.4 is 10.2 Å². The average Bonchev–Trinajstić information content (AvgIpc) is 2.94. The number of carbonyl (C=O) groups excluding carboxylic acids is 1. The summed E-state index contributed by atoms with van der Waals surface area (Å²) in [5, 5.41) is 4.79. The second-order valence-corrected chi connectivity index (χ2v) is 6.34. The predicted octanol–water partition coefficient (Wildman–Crippen LogP) is 3.48. The highest BCUT2D eigenvalue weighted by Crippen LogP contribution is 2.19. The summed E-state index contributed by atoms with van der Waals surface area (Å²) in [7, 11) is 0. The van der Waals surface area contributed by atoms with E-state index in [4.69, 9.17) is 9.47 Å².